The fourth-order valence-electron chi connectivity index (χ4n) is 3.16. The summed E-state index contributed by atoms with van der Waals surface area (Å²) in [5, 5.41) is 1.07. The quantitative estimate of drug-likeness (QED) is 0.881. The zero-order valence-corrected chi connectivity index (χ0v) is 11.8. The van der Waals surface area contributed by atoms with E-state index in [0.717, 1.165) is 35.9 Å². The highest BCUT2D eigenvalue weighted by Gasteiger charge is 2.30. The van der Waals surface area contributed by atoms with Crippen LogP contribution in [0.15, 0.2) is 30.5 Å². The highest BCUT2D eigenvalue weighted by Crippen LogP contribution is 2.25. The molecule has 1 amide bonds. The van der Waals surface area contributed by atoms with Crippen LogP contribution in [0.25, 0.3) is 10.9 Å². The predicted octanol–water partition coefficient (Wildman–Crippen LogP) is 2.37. The van der Waals surface area contributed by atoms with E-state index in [1.165, 1.54) is 0 Å². The van der Waals surface area contributed by atoms with Crippen molar-refractivity contribution in [1.29, 1.82) is 0 Å². The number of benzene rings is 1. The smallest absolute Gasteiger partial charge is 0.256 e. The number of amides is 1. The number of para-hydroxylation sites is 1. The highest BCUT2D eigenvalue weighted by molar-refractivity contribution is 6.05. The number of hydrogen-bond acceptors (Lipinski definition) is 2. The van der Waals surface area contributed by atoms with Gasteiger partial charge in [0.05, 0.1) is 11.1 Å². The number of hydrogen-bond donors (Lipinski definition) is 2. The van der Waals surface area contributed by atoms with Gasteiger partial charge in [0.2, 0.25) is 0 Å². The summed E-state index contributed by atoms with van der Waals surface area (Å²) in [4.78, 5) is 18.0. The van der Waals surface area contributed by atoms with Crippen LogP contribution in [0.3, 0.4) is 0 Å². The molecule has 1 fully saturated rings. The first-order valence-electron chi connectivity index (χ1n) is 7.28. The number of nitrogens with one attached hydrogen (secondary N) is 1. The molecule has 2 atom stereocenters. The lowest BCUT2D eigenvalue weighted by Gasteiger charge is -2.38. The van der Waals surface area contributed by atoms with Crippen LogP contribution >= 0.6 is 0 Å². The molecule has 2 unspecified atom stereocenters. The number of aromatic nitrogens is 1. The zero-order chi connectivity index (χ0) is 14.1. The standard InChI is InChI=1S/C16H21N3O/c1-11-6-8-19(13(9-11)10-17)16(20)14-4-2-3-12-5-7-18-15(12)14/h2-5,7,11,13,18H,6,8-10,17H2,1H3. The third-order valence-corrected chi connectivity index (χ3v) is 4.33. The van der Waals surface area contributed by atoms with Crippen molar-refractivity contribution in [3.8, 4) is 0 Å². The SMILES string of the molecule is CC1CCN(C(=O)c2cccc3cc[nH]c23)C(CN)C1. The molecule has 1 aliphatic heterocycles. The van der Waals surface area contributed by atoms with E-state index in [2.05, 4.69) is 11.9 Å². The Kier molecular flexibility index (Phi) is 3.49. The second-order valence-corrected chi connectivity index (χ2v) is 5.77. The van der Waals surface area contributed by atoms with Gasteiger partial charge in [-0.1, -0.05) is 19.1 Å². The minimum absolute atomic E-state index is 0.0976. The van der Waals surface area contributed by atoms with E-state index in [9.17, 15) is 4.79 Å². The van der Waals surface area contributed by atoms with E-state index in [-0.39, 0.29) is 11.9 Å². The number of piperidine rings is 1. The molecule has 1 aliphatic rings. The molecule has 3 rings (SSSR count). The topological polar surface area (TPSA) is 62.1 Å². The molecule has 4 heteroatoms. The Balaban J connectivity index is 1.93. The fourth-order valence-corrected chi connectivity index (χ4v) is 3.16. The van der Waals surface area contributed by atoms with Crippen LogP contribution in [0.2, 0.25) is 0 Å². The van der Waals surface area contributed by atoms with Gasteiger partial charge in [0.15, 0.2) is 0 Å². The maximum Gasteiger partial charge on any atom is 0.256 e. The monoisotopic (exact) mass is 271 g/mol. The van der Waals surface area contributed by atoms with Gasteiger partial charge >= 0.3 is 0 Å². The van der Waals surface area contributed by atoms with Gasteiger partial charge in [0, 0.05) is 30.7 Å². The minimum atomic E-state index is 0.0976. The van der Waals surface area contributed by atoms with Crippen LogP contribution < -0.4 is 5.73 Å². The summed E-state index contributed by atoms with van der Waals surface area (Å²) in [6, 6.07) is 8.00. The van der Waals surface area contributed by atoms with Crippen molar-refractivity contribution in [3.63, 3.8) is 0 Å². The third-order valence-electron chi connectivity index (χ3n) is 4.33. The number of likely N-dealkylation sites (tertiary alicyclic amines) is 1. The second kappa shape index (κ2) is 5.29. The first kappa shape index (κ1) is 13.2. The number of nitrogens with two attached hydrogens (primary N) is 1. The van der Waals surface area contributed by atoms with E-state index in [1.54, 1.807) is 0 Å². The van der Waals surface area contributed by atoms with Gasteiger partial charge in [-0.25, -0.2) is 0 Å². The van der Waals surface area contributed by atoms with Crippen LogP contribution in [-0.2, 0) is 0 Å². The molecule has 0 aliphatic carbocycles. The lowest BCUT2D eigenvalue weighted by molar-refractivity contribution is 0.0575. The summed E-state index contributed by atoms with van der Waals surface area (Å²) in [7, 11) is 0. The molecule has 1 aromatic heterocycles. The Hall–Kier alpha value is -1.81. The molecule has 3 N–H and O–H groups in total. The summed E-state index contributed by atoms with van der Waals surface area (Å²) in [5.74, 6) is 0.745. The van der Waals surface area contributed by atoms with Crippen molar-refractivity contribution in [1.82, 2.24) is 9.88 Å². The van der Waals surface area contributed by atoms with Gasteiger partial charge in [-0.15, -0.1) is 0 Å². The molecule has 0 radical (unpaired) electrons. The lowest BCUT2D eigenvalue weighted by Crippen LogP contribution is -2.49. The van der Waals surface area contributed by atoms with E-state index < -0.39 is 0 Å². The average molecular weight is 271 g/mol. The van der Waals surface area contributed by atoms with Gasteiger partial charge in [-0.2, -0.15) is 0 Å². The van der Waals surface area contributed by atoms with Crippen LogP contribution in [0.4, 0.5) is 0 Å². The Bertz CT molecular complexity index is 619. The summed E-state index contributed by atoms with van der Waals surface area (Å²) in [6.07, 6.45) is 3.94. The van der Waals surface area contributed by atoms with Crippen LogP contribution in [0, 0.1) is 5.92 Å². The van der Waals surface area contributed by atoms with Gasteiger partial charge in [0.1, 0.15) is 0 Å². The number of fused-ring (bicyclic) bond motifs is 1. The second-order valence-electron chi connectivity index (χ2n) is 5.77. The van der Waals surface area contributed by atoms with Crippen molar-refractivity contribution < 1.29 is 4.79 Å². The van der Waals surface area contributed by atoms with E-state index in [1.807, 2.05) is 35.4 Å². The minimum Gasteiger partial charge on any atom is -0.361 e. The molecular formula is C16H21N3O. The molecule has 0 spiro atoms. The lowest BCUT2D eigenvalue weighted by atomic mass is 9.91. The van der Waals surface area contributed by atoms with Crippen molar-refractivity contribution in [2.24, 2.45) is 11.7 Å². The molecule has 20 heavy (non-hydrogen) atoms. The van der Waals surface area contributed by atoms with Gasteiger partial charge in [-0.05, 0) is 30.9 Å². The molecular weight excluding hydrogens is 250 g/mol. The maximum atomic E-state index is 12.8. The molecule has 0 saturated carbocycles. The first-order chi connectivity index (χ1) is 9.70. The third kappa shape index (κ3) is 2.20. The van der Waals surface area contributed by atoms with E-state index in [0.29, 0.717) is 12.5 Å². The van der Waals surface area contributed by atoms with Gasteiger partial charge in [0.25, 0.3) is 5.91 Å². The molecule has 1 aromatic carbocycles. The average Bonchev–Trinajstić information content (AvgIpc) is 2.94. The van der Waals surface area contributed by atoms with Gasteiger partial charge < -0.3 is 15.6 Å². The highest BCUT2D eigenvalue weighted by atomic mass is 16.2. The number of rotatable bonds is 2. The summed E-state index contributed by atoms with van der Waals surface area (Å²) < 4.78 is 0. The van der Waals surface area contributed by atoms with Crippen molar-refractivity contribution in [2.75, 3.05) is 13.1 Å². The van der Waals surface area contributed by atoms with E-state index >= 15 is 0 Å². The van der Waals surface area contributed by atoms with Gasteiger partial charge in [-0.3, -0.25) is 4.79 Å². The number of carbonyl (C=O) groups is 1. The Labute approximate surface area is 118 Å². The number of nitrogens with zero attached hydrogens (tertiary/aromatic N) is 1. The molecule has 2 aromatic rings. The first-order valence-corrected chi connectivity index (χ1v) is 7.28. The molecule has 4 nitrogen and oxygen atoms in total. The van der Waals surface area contributed by atoms with Crippen LogP contribution in [0.1, 0.15) is 30.1 Å². The number of aromatic amines is 1. The Morgan fingerprint density at radius 2 is 2.30 bits per heavy atom. The predicted molar refractivity (Wildman–Crippen MR) is 80.6 cm³/mol. The summed E-state index contributed by atoms with van der Waals surface area (Å²) >= 11 is 0. The summed E-state index contributed by atoms with van der Waals surface area (Å²) in [6.45, 7) is 3.58. The largest absolute Gasteiger partial charge is 0.361 e. The summed E-state index contributed by atoms with van der Waals surface area (Å²) in [5.41, 5.74) is 7.54. The van der Waals surface area contributed by atoms with Crippen LogP contribution in [0.5, 0.6) is 0 Å². The maximum absolute atomic E-state index is 12.8. The normalized spacial score (nSPS) is 23.2. The van der Waals surface area contributed by atoms with Crippen molar-refractivity contribution >= 4 is 16.8 Å². The Morgan fingerprint density at radius 1 is 1.45 bits per heavy atom. The molecule has 2 heterocycles. The Morgan fingerprint density at radius 3 is 3.10 bits per heavy atom. The van der Waals surface area contributed by atoms with E-state index in [4.69, 9.17) is 5.73 Å². The number of H-pyrrole nitrogens is 1. The van der Waals surface area contributed by atoms with Crippen LogP contribution in [-0.4, -0.2) is 34.9 Å². The fraction of sp³-hybridized carbons (Fsp3) is 0.438. The molecule has 1 saturated heterocycles. The number of carbonyl (C=O) groups excluding carboxylic acids is 1. The van der Waals surface area contributed by atoms with Crippen molar-refractivity contribution in [2.45, 2.75) is 25.8 Å². The van der Waals surface area contributed by atoms with Crippen molar-refractivity contribution in [3.05, 3.63) is 36.0 Å². The zero-order valence-electron chi connectivity index (χ0n) is 11.8. The molecule has 0 bridgehead atoms. The molecule has 106 valence electrons.